The zero-order valence-electron chi connectivity index (χ0n) is 10.2. The molecule has 1 fully saturated rings. The minimum Gasteiger partial charge on any atom is -0.507 e. The molecule has 0 bridgehead atoms. The van der Waals surface area contributed by atoms with Crippen molar-refractivity contribution in [3.05, 3.63) is 29.6 Å². The molecule has 0 saturated carbocycles. The van der Waals surface area contributed by atoms with Crippen LogP contribution in [0.2, 0.25) is 0 Å². The monoisotopic (exact) mass is 267 g/mol. The molecule has 1 aromatic rings. The number of halogens is 1. The molecule has 1 aliphatic rings. The van der Waals surface area contributed by atoms with Crippen LogP contribution >= 0.6 is 0 Å². The van der Waals surface area contributed by atoms with Gasteiger partial charge in [0.25, 0.3) is 5.91 Å². The quantitative estimate of drug-likeness (QED) is 0.850. The minimum absolute atomic E-state index is 0.0891. The molecular formula is C13H14FNO4. The van der Waals surface area contributed by atoms with Crippen LogP contribution < -0.4 is 0 Å². The summed E-state index contributed by atoms with van der Waals surface area (Å²) >= 11 is 0. The van der Waals surface area contributed by atoms with E-state index >= 15 is 0 Å². The smallest absolute Gasteiger partial charge is 0.306 e. The van der Waals surface area contributed by atoms with Gasteiger partial charge in [0.2, 0.25) is 0 Å². The van der Waals surface area contributed by atoms with Crippen LogP contribution in [-0.2, 0) is 4.79 Å². The SMILES string of the molecule is O=C(O)C1CCN(C(=O)c2cc(F)ccc2O)CC1. The average Bonchev–Trinajstić information content (AvgIpc) is 2.41. The molecule has 1 aliphatic heterocycles. The van der Waals surface area contributed by atoms with E-state index in [0.717, 1.165) is 18.2 Å². The van der Waals surface area contributed by atoms with E-state index in [-0.39, 0.29) is 11.3 Å². The number of aliphatic carboxylic acids is 1. The second-order valence-electron chi connectivity index (χ2n) is 4.57. The van der Waals surface area contributed by atoms with E-state index in [4.69, 9.17) is 5.11 Å². The fraction of sp³-hybridized carbons (Fsp3) is 0.385. The number of carbonyl (C=O) groups excluding carboxylic acids is 1. The lowest BCUT2D eigenvalue weighted by molar-refractivity contribution is -0.143. The summed E-state index contributed by atoms with van der Waals surface area (Å²) in [6.45, 7) is 0.595. The number of phenolic OH excluding ortho intramolecular Hbond substituents is 1. The Labute approximate surface area is 109 Å². The van der Waals surface area contributed by atoms with Crippen molar-refractivity contribution in [2.75, 3.05) is 13.1 Å². The zero-order valence-corrected chi connectivity index (χ0v) is 10.2. The summed E-state index contributed by atoms with van der Waals surface area (Å²) in [5.74, 6) is -2.64. The third kappa shape index (κ3) is 2.83. The van der Waals surface area contributed by atoms with Crippen LogP contribution in [0.1, 0.15) is 23.2 Å². The van der Waals surface area contributed by atoms with Gasteiger partial charge in [0.05, 0.1) is 11.5 Å². The van der Waals surface area contributed by atoms with Gasteiger partial charge in [0, 0.05) is 13.1 Å². The molecule has 0 aliphatic carbocycles. The molecule has 2 rings (SSSR count). The maximum Gasteiger partial charge on any atom is 0.306 e. The van der Waals surface area contributed by atoms with Crippen LogP contribution in [0.15, 0.2) is 18.2 Å². The Bertz CT molecular complexity index is 509. The highest BCUT2D eigenvalue weighted by molar-refractivity contribution is 5.97. The van der Waals surface area contributed by atoms with Crippen molar-refractivity contribution >= 4 is 11.9 Å². The molecule has 2 N–H and O–H groups in total. The summed E-state index contributed by atoms with van der Waals surface area (Å²) in [4.78, 5) is 24.3. The number of carbonyl (C=O) groups is 2. The largest absolute Gasteiger partial charge is 0.507 e. The minimum atomic E-state index is -0.860. The molecule has 102 valence electrons. The van der Waals surface area contributed by atoms with Gasteiger partial charge in [-0.25, -0.2) is 4.39 Å². The van der Waals surface area contributed by atoms with E-state index < -0.39 is 23.6 Å². The second-order valence-corrected chi connectivity index (χ2v) is 4.57. The number of likely N-dealkylation sites (tertiary alicyclic amines) is 1. The summed E-state index contributed by atoms with van der Waals surface area (Å²) in [6, 6.07) is 3.19. The molecule has 0 unspecified atom stereocenters. The van der Waals surface area contributed by atoms with Gasteiger partial charge in [-0.15, -0.1) is 0 Å². The van der Waals surface area contributed by atoms with E-state index in [9.17, 15) is 19.1 Å². The van der Waals surface area contributed by atoms with Gasteiger partial charge in [-0.3, -0.25) is 9.59 Å². The Morgan fingerprint density at radius 3 is 2.47 bits per heavy atom. The topological polar surface area (TPSA) is 77.8 Å². The molecular weight excluding hydrogens is 253 g/mol. The van der Waals surface area contributed by atoms with Gasteiger partial charge in [-0.05, 0) is 31.0 Å². The first-order chi connectivity index (χ1) is 8.99. The molecule has 1 amide bonds. The van der Waals surface area contributed by atoms with Gasteiger partial charge >= 0.3 is 5.97 Å². The van der Waals surface area contributed by atoms with Crippen LogP contribution in [0.4, 0.5) is 4.39 Å². The number of phenols is 1. The molecule has 19 heavy (non-hydrogen) atoms. The summed E-state index contributed by atoms with van der Waals surface area (Å²) < 4.78 is 13.1. The number of aromatic hydroxyl groups is 1. The lowest BCUT2D eigenvalue weighted by Gasteiger charge is -2.30. The fourth-order valence-corrected chi connectivity index (χ4v) is 2.18. The van der Waals surface area contributed by atoms with Crippen molar-refractivity contribution in [2.24, 2.45) is 5.92 Å². The second kappa shape index (κ2) is 5.26. The van der Waals surface area contributed by atoms with Crippen molar-refractivity contribution < 1.29 is 24.2 Å². The number of carboxylic acids is 1. The van der Waals surface area contributed by atoms with E-state index in [2.05, 4.69) is 0 Å². The maximum atomic E-state index is 13.1. The predicted octanol–water partition coefficient (Wildman–Crippen LogP) is 1.47. The highest BCUT2D eigenvalue weighted by Crippen LogP contribution is 2.23. The normalized spacial score (nSPS) is 16.4. The Balaban J connectivity index is 2.09. The van der Waals surface area contributed by atoms with Crippen molar-refractivity contribution in [3.8, 4) is 5.75 Å². The van der Waals surface area contributed by atoms with Crippen molar-refractivity contribution in [3.63, 3.8) is 0 Å². The number of carboxylic acid groups (broad SMARTS) is 1. The number of benzene rings is 1. The van der Waals surface area contributed by atoms with Crippen molar-refractivity contribution in [2.45, 2.75) is 12.8 Å². The van der Waals surface area contributed by atoms with Crippen LogP contribution in [0.25, 0.3) is 0 Å². The Hall–Kier alpha value is -2.11. The van der Waals surface area contributed by atoms with Crippen LogP contribution in [0.3, 0.4) is 0 Å². The first-order valence-electron chi connectivity index (χ1n) is 5.99. The molecule has 5 nitrogen and oxygen atoms in total. The van der Waals surface area contributed by atoms with Crippen LogP contribution in [0.5, 0.6) is 5.75 Å². The summed E-state index contributed by atoms with van der Waals surface area (Å²) in [5.41, 5.74) is -0.0891. The Morgan fingerprint density at radius 1 is 1.26 bits per heavy atom. The first kappa shape index (κ1) is 13.3. The molecule has 6 heteroatoms. The number of hydrogen-bond donors (Lipinski definition) is 2. The molecule has 1 saturated heterocycles. The third-order valence-electron chi connectivity index (χ3n) is 3.32. The van der Waals surface area contributed by atoms with Gasteiger partial charge in [-0.2, -0.15) is 0 Å². The molecule has 1 heterocycles. The lowest BCUT2D eigenvalue weighted by atomic mass is 9.96. The van der Waals surface area contributed by atoms with E-state index in [1.165, 1.54) is 4.90 Å². The van der Waals surface area contributed by atoms with Gasteiger partial charge in [0.15, 0.2) is 0 Å². The van der Waals surface area contributed by atoms with E-state index in [0.29, 0.717) is 25.9 Å². The number of amides is 1. The van der Waals surface area contributed by atoms with Crippen molar-refractivity contribution in [1.29, 1.82) is 0 Å². The summed E-state index contributed by atoms with van der Waals surface area (Å²) in [5, 5.41) is 18.4. The molecule has 0 atom stereocenters. The third-order valence-corrected chi connectivity index (χ3v) is 3.32. The first-order valence-corrected chi connectivity index (χ1v) is 5.99. The molecule has 0 spiro atoms. The predicted molar refractivity (Wildman–Crippen MR) is 64.3 cm³/mol. The fourth-order valence-electron chi connectivity index (χ4n) is 2.18. The van der Waals surface area contributed by atoms with Gasteiger partial charge < -0.3 is 15.1 Å². The van der Waals surface area contributed by atoms with Crippen molar-refractivity contribution in [1.82, 2.24) is 4.90 Å². The maximum absolute atomic E-state index is 13.1. The van der Waals surface area contributed by atoms with E-state index in [1.807, 2.05) is 0 Å². The highest BCUT2D eigenvalue weighted by atomic mass is 19.1. The van der Waals surface area contributed by atoms with Gasteiger partial charge in [0.1, 0.15) is 11.6 Å². The average molecular weight is 267 g/mol. The van der Waals surface area contributed by atoms with E-state index in [1.54, 1.807) is 0 Å². The molecule has 0 radical (unpaired) electrons. The highest BCUT2D eigenvalue weighted by Gasteiger charge is 2.28. The summed E-state index contributed by atoms with van der Waals surface area (Å²) in [6.07, 6.45) is 0.744. The Morgan fingerprint density at radius 2 is 1.89 bits per heavy atom. The lowest BCUT2D eigenvalue weighted by Crippen LogP contribution is -2.40. The number of rotatable bonds is 2. The van der Waals surface area contributed by atoms with Gasteiger partial charge in [-0.1, -0.05) is 0 Å². The Kier molecular flexibility index (Phi) is 3.69. The zero-order chi connectivity index (χ0) is 14.0. The number of nitrogens with zero attached hydrogens (tertiary/aromatic N) is 1. The van der Waals surface area contributed by atoms with Crippen LogP contribution in [-0.4, -0.2) is 40.1 Å². The van der Waals surface area contributed by atoms with Crippen LogP contribution in [0, 0.1) is 11.7 Å². The molecule has 0 aromatic heterocycles. The number of hydrogen-bond acceptors (Lipinski definition) is 3. The molecule has 1 aromatic carbocycles. The standard InChI is InChI=1S/C13H14FNO4/c14-9-1-2-11(16)10(7-9)12(17)15-5-3-8(4-6-15)13(18)19/h1-2,7-8,16H,3-6H2,(H,18,19). The summed E-state index contributed by atoms with van der Waals surface area (Å²) in [7, 11) is 0. The number of piperidine rings is 1.